The topological polar surface area (TPSA) is 113 Å². The molecule has 1 aliphatic heterocycles. The van der Waals surface area contributed by atoms with E-state index in [9.17, 15) is 9.59 Å². The van der Waals surface area contributed by atoms with Crippen molar-refractivity contribution in [3.8, 4) is 6.07 Å². The van der Waals surface area contributed by atoms with Crippen molar-refractivity contribution in [2.75, 3.05) is 38.2 Å². The number of morpholine rings is 1. The maximum absolute atomic E-state index is 13.1. The normalized spacial score (nSPS) is 14.5. The van der Waals surface area contributed by atoms with Crippen molar-refractivity contribution in [2.45, 2.75) is 13.5 Å². The minimum atomic E-state index is -0.458. The smallest absolute Gasteiger partial charge is 0.265 e. The molecule has 1 saturated heterocycles. The number of aromatic nitrogens is 2. The van der Waals surface area contributed by atoms with Crippen LogP contribution in [-0.2, 0) is 11.3 Å². The molecule has 1 aliphatic rings. The standard InChI is InChI=1S/C21H21N5O4/c1-14-17(19(27)24-16-4-2-15(12-22)3-5-16)18-20(30-14)23-13-26(21(18)28)7-6-25-8-10-29-11-9-25/h2-5,13H,6-11H2,1H3,(H,24,27). The number of nitrogens with one attached hydrogen (secondary N) is 1. The van der Waals surface area contributed by atoms with Crippen LogP contribution < -0.4 is 10.9 Å². The fourth-order valence-electron chi connectivity index (χ4n) is 3.47. The van der Waals surface area contributed by atoms with Gasteiger partial charge in [0.25, 0.3) is 11.5 Å². The SMILES string of the molecule is Cc1oc2ncn(CCN3CCOCC3)c(=O)c2c1C(=O)Nc1ccc(C#N)cc1. The van der Waals surface area contributed by atoms with Crippen molar-refractivity contribution in [1.82, 2.24) is 14.5 Å². The first-order chi connectivity index (χ1) is 14.6. The molecule has 1 fully saturated rings. The molecule has 3 aromatic rings. The quantitative estimate of drug-likeness (QED) is 0.685. The van der Waals surface area contributed by atoms with Crippen LogP contribution in [0.5, 0.6) is 0 Å². The monoisotopic (exact) mass is 407 g/mol. The summed E-state index contributed by atoms with van der Waals surface area (Å²) in [6.45, 7) is 5.82. The molecule has 0 bridgehead atoms. The van der Waals surface area contributed by atoms with E-state index in [1.165, 1.54) is 10.9 Å². The van der Waals surface area contributed by atoms with Gasteiger partial charge in [0.2, 0.25) is 5.71 Å². The van der Waals surface area contributed by atoms with E-state index in [0.717, 1.165) is 13.1 Å². The highest BCUT2D eigenvalue weighted by Crippen LogP contribution is 2.22. The summed E-state index contributed by atoms with van der Waals surface area (Å²) in [7, 11) is 0. The van der Waals surface area contributed by atoms with Gasteiger partial charge in [-0.15, -0.1) is 0 Å². The van der Waals surface area contributed by atoms with Crippen molar-refractivity contribution in [3.63, 3.8) is 0 Å². The molecule has 0 spiro atoms. The lowest BCUT2D eigenvalue weighted by Crippen LogP contribution is -2.39. The van der Waals surface area contributed by atoms with Crippen LogP contribution in [0.15, 0.2) is 39.8 Å². The first-order valence-electron chi connectivity index (χ1n) is 9.67. The van der Waals surface area contributed by atoms with Crippen LogP contribution >= 0.6 is 0 Å². The van der Waals surface area contributed by atoms with Gasteiger partial charge in [0, 0.05) is 31.9 Å². The summed E-state index contributed by atoms with van der Waals surface area (Å²) in [4.78, 5) is 32.4. The molecule has 30 heavy (non-hydrogen) atoms. The van der Waals surface area contributed by atoms with Gasteiger partial charge in [0.1, 0.15) is 17.5 Å². The molecule has 0 atom stereocenters. The number of benzene rings is 1. The number of rotatable bonds is 5. The second-order valence-corrected chi connectivity index (χ2v) is 7.05. The number of nitrogens with zero attached hydrogens (tertiary/aromatic N) is 4. The third-order valence-electron chi connectivity index (χ3n) is 5.11. The highest BCUT2D eigenvalue weighted by Gasteiger charge is 2.23. The zero-order chi connectivity index (χ0) is 21.1. The minimum Gasteiger partial charge on any atom is -0.442 e. The molecule has 0 saturated carbocycles. The summed E-state index contributed by atoms with van der Waals surface area (Å²) in [5.41, 5.74) is 1.02. The highest BCUT2D eigenvalue weighted by atomic mass is 16.5. The molecule has 0 aliphatic carbocycles. The molecule has 1 aromatic carbocycles. The Balaban J connectivity index is 1.60. The number of anilines is 1. The van der Waals surface area contributed by atoms with Crippen LogP contribution in [0.3, 0.4) is 0 Å². The van der Waals surface area contributed by atoms with Crippen molar-refractivity contribution in [3.05, 3.63) is 57.8 Å². The van der Waals surface area contributed by atoms with Crippen LogP contribution in [0.25, 0.3) is 11.1 Å². The molecule has 0 unspecified atom stereocenters. The zero-order valence-corrected chi connectivity index (χ0v) is 16.6. The van der Waals surface area contributed by atoms with Gasteiger partial charge >= 0.3 is 0 Å². The molecular weight excluding hydrogens is 386 g/mol. The molecule has 154 valence electrons. The second-order valence-electron chi connectivity index (χ2n) is 7.05. The first kappa shape index (κ1) is 19.8. The average molecular weight is 407 g/mol. The van der Waals surface area contributed by atoms with Gasteiger partial charge in [-0.2, -0.15) is 5.26 Å². The van der Waals surface area contributed by atoms with Crippen LogP contribution in [0.4, 0.5) is 5.69 Å². The van der Waals surface area contributed by atoms with Gasteiger partial charge in [-0.25, -0.2) is 4.98 Å². The predicted molar refractivity (Wildman–Crippen MR) is 109 cm³/mol. The van der Waals surface area contributed by atoms with E-state index < -0.39 is 5.91 Å². The van der Waals surface area contributed by atoms with Crippen LogP contribution in [-0.4, -0.2) is 53.2 Å². The van der Waals surface area contributed by atoms with Gasteiger partial charge < -0.3 is 14.5 Å². The Kier molecular flexibility index (Phi) is 5.61. The maximum Gasteiger partial charge on any atom is 0.265 e. The summed E-state index contributed by atoms with van der Waals surface area (Å²) in [5, 5.41) is 11.8. The minimum absolute atomic E-state index is 0.144. The Morgan fingerprint density at radius 3 is 2.67 bits per heavy atom. The van der Waals surface area contributed by atoms with Crippen molar-refractivity contribution >= 4 is 22.7 Å². The number of hydrogen-bond donors (Lipinski definition) is 1. The van der Waals surface area contributed by atoms with Gasteiger partial charge in [-0.05, 0) is 31.2 Å². The van der Waals surface area contributed by atoms with Crippen LogP contribution in [0, 0.1) is 18.3 Å². The summed E-state index contributed by atoms with van der Waals surface area (Å²) in [6.07, 6.45) is 1.45. The number of hydrogen-bond acceptors (Lipinski definition) is 7. The molecule has 0 radical (unpaired) electrons. The number of fused-ring (bicyclic) bond motifs is 1. The average Bonchev–Trinajstić information content (AvgIpc) is 3.11. The van der Waals surface area contributed by atoms with Crippen LogP contribution in [0.2, 0.25) is 0 Å². The lowest BCUT2D eigenvalue weighted by molar-refractivity contribution is 0.0362. The molecule has 1 N–H and O–H groups in total. The Morgan fingerprint density at radius 2 is 1.97 bits per heavy atom. The number of amides is 1. The summed E-state index contributed by atoms with van der Waals surface area (Å²) >= 11 is 0. The Bertz CT molecular complexity index is 1170. The third kappa shape index (κ3) is 3.96. The molecular formula is C21H21N5O4. The number of carbonyl (C=O) groups excluding carboxylic acids is 1. The van der Waals surface area contributed by atoms with E-state index in [1.54, 1.807) is 31.2 Å². The van der Waals surface area contributed by atoms with E-state index in [2.05, 4.69) is 15.2 Å². The van der Waals surface area contributed by atoms with E-state index in [4.69, 9.17) is 14.4 Å². The number of carbonyl (C=O) groups is 1. The second kappa shape index (κ2) is 8.49. The highest BCUT2D eigenvalue weighted by molar-refractivity contribution is 6.12. The molecule has 3 heterocycles. The number of furan rings is 1. The Hall–Kier alpha value is -3.48. The Morgan fingerprint density at radius 1 is 1.23 bits per heavy atom. The predicted octanol–water partition coefficient (Wildman–Crippen LogP) is 1.75. The fraction of sp³-hybridized carbons (Fsp3) is 0.333. The fourth-order valence-corrected chi connectivity index (χ4v) is 3.47. The number of nitriles is 1. The van der Waals surface area contributed by atoms with E-state index >= 15 is 0 Å². The molecule has 9 nitrogen and oxygen atoms in total. The van der Waals surface area contributed by atoms with Crippen molar-refractivity contribution in [1.29, 1.82) is 5.26 Å². The van der Waals surface area contributed by atoms with E-state index in [-0.39, 0.29) is 22.2 Å². The molecule has 4 rings (SSSR count). The zero-order valence-electron chi connectivity index (χ0n) is 16.6. The van der Waals surface area contributed by atoms with Gasteiger partial charge in [0.15, 0.2) is 0 Å². The van der Waals surface area contributed by atoms with Crippen molar-refractivity contribution < 1.29 is 13.9 Å². The number of aryl methyl sites for hydroxylation is 1. The molecule has 1 amide bonds. The lowest BCUT2D eigenvalue weighted by Gasteiger charge is -2.26. The summed E-state index contributed by atoms with van der Waals surface area (Å²) in [5.74, 6) is -0.132. The van der Waals surface area contributed by atoms with Gasteiger partial charge in [-0.3, -0.25) is 19.1 Å². The van der Waals surface area contributed by atoms with Crippen molar-refractivity contribution in [2.24, 2.45) is 0 Å². The molecule has 9 heteroatoms. The van der Waals surface area contributed by atoms with Gasteiger partial charge in [0.05, 0.1) is 30.4 Å². The summed E-state index contributed by atoms with van der Waals surface area (Å²) < 4.78 is 12.4. The lowest BCUT2D eigenvalue weighted by atomic mass is 10.1. The van der Waals surface area contributed by atoms with Crippen LogP contribution in [0.1, 0.15) is 21.7 Å². The van der Waals surface area contributed by atoms with Gasteiger partial charge in [-0.1, -0.05) is 0 Å². The maximum atomic E-state index is 13.1. The third-order valence-corrected chi connectivity index (χ3v) is 5.11. The van der Waals surface area contributed by atoms with E-state index in [1.807, 2.05) is 6.07 Å². The largest absolute Gasteiger partial charge is 0.442 e. The first-order valence-corrected chi connectivity index (χ1v) is 9.67. The summed E-state index contributed by atoms with van der Waals surface area (Å²) in [6, 6.07) is 8.51. The van der Waals surface area contributed by atoms with E-state index in [0.29, 0.717) is 43.3 Å². The Labute approximate surface area is 172 Å². The number of ether oxygens (including phenoxy) is 1. The molecule has 2 aromatic heterocycles.